The fourth-order valence-electron chi connectivity index (χ4n) is 1.37. The smallest absolute Gasteiger partial charge is 0.138 e. The molecule has 2 rings (SSSR count). The van der Waals surface area contributed by atoms with Crippen molar-refractivity contribution in [2.45, 2.75) is 19.3 Å². The van der Waals surface area contributed by atoms with E-state index >= 15 is 0 Å². The van der Waals surface area contributed by atoms with E-state index in [0.717, 1.165) is 12.3 Å². The lowest BCUT2D eigenvalue weighted by molar-refractivity contribution is 0.477. The van der Waals surface area contributed by atoms with Gasteiger partial charge in [0.05, 0.1) is 5.69 Å². The average Bonchev–Trinajstić information content (AvgIpc) is 2.81. The van der Waals surface area contributed by atoms with Gasteiger partial charge in [-0.05, 0) is 42.9 Å². The minimum atomic E-state index is 0.216. The molecule has 0 bridgehead atoms. The number of nitrogen functional groups attached to an aromatic ring is 1. The Kier molecular flexibility index (Phi) is 1.68. The van der Waals surface area contributed by atoms with Crippen LogP contribution in [-0.4, -0.2) is 5.11 Å². The summed E-state index contributed by atoms with van der Waals surface area (Å²) in [5.74, 6) is 1.07. The number of phenolic OH excluding ortho intramolecular Hbond substituents is 1. The van der Waals surface area contributed by atoms with Crippen LogP contribution >= 0.6 is 0 Å². The van der Waals surface area contributed by atoms with Gasteiger partial charge in [-0.15, -0.1) is 0 Å². The van der Waals surface area contributed by atoms with Crippen molar-refractivity contribution in [3.05, 3.63) is 23.8 Å². The van der Waals surface area contributed by atoms with Crippen LogP contribution in [0.25, 0.3) is 0 Å². The maximum absolute atomic E-state index is 9.31. The molecule has 1 aliphatic carbocycles. The summed E-state index contributed by atoms with van der Waals surface area (Å²) in [4.78, 5) is 0. The summed E-state index contributed by atoms with van der Waals surface area (Å²) >= 11 is 0. The van der Waals surface area contributed by atoms with Gasteiger partial charge in [0.25, 0.3) is 0 Å². The number of phenols is 1. The number of aromatic hydroxyl groups is 1. The topological polar surface area (TPSA) is 46.2 Å². The van der Waals surface area contributed by atoms with Gasteiger partial charge >= 0.3 is 0 Å². The Morgan fingerprint density at radius 1 is 1.42 bits per heavy atom. The first-order valence-electron chi connectivity index (χ1n) is 4.33. The van der Waals surface area contributed by atoms with Crippen LogP contribution in [-0.2, 0) is 6.42 Å². The van der Waals surface area contributed by atoms with Gasteiger partial charge in [-0.25, -0.2) is 0 Å². The number of hydrogen-bond acceptors (Lipinski definition) is 2. The second-order valence-corrected chi connectivity index (χ2v) is 3.54. The van der Waals surface area contributed by atoms with Gasteiger partial charge in [-0.2, -0.15) is 0 Å². The first-order valence-corrected chi connectivity index (χ1v) is 4.33. The van der Waals surface area contributed by atoms with E-state index < -0.39 is 0 Å². The van der Waals surface area contributed by atoms with Gasteiger partial charge in [-0.1, -0.05) is 6.07 Å². The van der Waals surface area contributed by atoms with Crippen molar-refractivity contribution < 1.29 is 5.11 Å². The molecule has 2 nitrogen and oxygen atoms in total. The summed E-state index contributed by atoms with van der Waals surface area (Å²) < 4.78 is 0. The predicted molar refractivity (Wildman–Crippen MR) is 48.9 cm³/mol. The van der Waals surface area contributed by atoms with Gasteiger partial charge < -0.3 is 10.8 Å². The van der Waals surface area contributed by atoms with Gasteiger partial charge in [0.1, 0.15) is 5.75 Å². The minimum Gasteiger partial charge on any atom is -0.506 e. The van der Waals surface area contributed by atoms with Crippen LogP contribution in [0.3, 0.4) is 0 Å². The van der Waals surface area contributed by atoms with Crippen molar-refractivity contribution in [3.63, 3.8) is 0 Å². The maximum atomic E-state index is 9.31. The molecular formula is C10H13NO. The Balaban J connectivity index is 2.15. The third-order valence-corrected chi connectivity index (χ3v) is 2.32. The molecule has 2 heteroatoms. The van der Waals surface area contributed by atoms with Crippen molar-refractivity contribution in [2.24, 2.45) is 5.92 Å². The van der Waals surface area contributed by atoms with E-state index in [0.29, 0.717) is 5.69 Å². The van der Waals surface area contributed by atoms with Gasteiger partial charge in [0, 0.05) is 0 Å². The van der Waals surface area contributed by atoms with Crippen LogP contribution in [0.4, 0.5) is 5.69 Å². The fourth-order valence-corrected chi connectivity index (χ4v) is 1.37. The number of rotatable bonds is 2. The molecule has 0 aliphatic heterocycles. The van der Waals surface area contributed by atoms with Crippen LogP contribution in [0.1, 0.15) is 18.4 Å². The Labute approximate surface area is 72.0 Å². The van der Waals surface area contributed by atoms with E-state index in [1.807, 2.05) is 6.07 Å². The van der Waals surface area contributed by atoms with Gasteiger partial charge in [-0.3, -0.25) is 0 Å². The molecule has 1 aromatic carbocycles. The van der Waals surface area contributed by atoms with Crippen molar-refractivity contribution in [1.29, 1.82) is 0 Å². The molecule has 0 saturated heterocycles. The molecule has 0 spiro atoms. The monoisotopic (exact) mass is 163 g/mol. The lowest BCUT2D eigenvalue weighted by atomic mass is 10.1. The normalized spacial score (nSPS) is 16.3. The first-order chi connectivity index (χ1) is 5.75. The van der Waals surface area contributed by atoms with E-state index in [-0.39, 0.29) is 5.75 Å². The zero-order chi connectivity index (χ0) is 8.55. The highest BCUT2D eigenvalue weighted by atomic mass is 16.3. The van der Waals surface area contributed by atoms with Crippen LogP contribution in [0.15, 0.2) is 18.2 Å². The van der Waals surface area contributed by atoms with E-state index in [4.69, 9.17) is 5.73 Å². The highest BCUT2D eigenvalue weighted by Gasteiger charge is 2.21. The van der Waals surface area contributed by atoms with E-state index in [1.54, 1.807) is 12.1 Å². The quantitative estimate of drug-likeness (QED) is 0.517. The highest BCUT2D eigenvalue weighted by Crippen LogP contribution is 2.33. The molecule has 0 amide bonds. The molecule has 12 heavy (non-hydrogen) atoms. The Hall–Kier alpha value is -1.18. The van der Waals surface area contributed by atoms with Crippen molar-refractivity contribution in [1.82, 2.24) is 0 Å². The number of nitrogens with two attached hydrogens (primary N) is 1. The third-order valence-electron chi connectivity index (χ3n) is 2.32. The molecule has 0 heterocycles. The second kappa shape index (κ2) is 2.70. The minimum absolute atomic E-state index is 0.216. The Morgan fingerprint density at radius 2 is 2.17 bits per heavy atom. The summed E-state index contributed by atoms with van der Waals surface area (Å²) in [5.41, 5.74) is 7.15. The molecule has 64 valence electrons. The second-order valence-electron chi connectivity index (χ2n) is 3.54. The summed E-state index contributed by atoms with van der Waals surface area (Å²) in [6.07, 6.45) is 3.77. The molecule has 3 N–H and O–H groups in total. The highest BCUT2D eigenvalue weighted by molar-refractivity contribution is 5.52. The molecule has 0 unspecified atom stereocenters. The zero-order valence-electron chi connectivity index (χ0n) is 6.96. The molecule has 1 aromatic rings. The van der Waals surface area contributed by atoms with Crippen molar-refractivity contribution >= 4 is 5.69 Å². The first kappa shape index (κ1) is 7.47. The largest absolute Gasteiger partial charge is 0.506 e. The number of benzene rings is 1. The van der Waals surface area contributed by atoms with Crippen LogP contribution in [0.5, 0.6) is 5.75 Å². The van der Waals surface area contributed by atoms with Crippen molar-refractivity contribution in [3.8, 4) is 5.75 Å². The number of hydrogen-bond donors (Lipinski definition) is 2. The summed E-state index contributed by atoms with van der Waals surface area (Å²) in [6, 6.07) is 5.54. The van der Waals surface area contributed by atoms with Gasteiger partial charge in [0.15, 0.2) is 0 Å². The molecule has 0 radical (unpaired) electrons. The zero-order valence-corrected chi connectivity index (χ0v) is 6.96. The Bertz CT molecular complexity index is 292. The summed E-state index contributed by atoms with van der Waals surface area (Å²) in [5, 5.41) is 9.31. The van der Waals surface area contributed by atoms with E-state index in [1.165, 1.54) is 18.4 Å². The van der Waals surface area contributed by atoms with E-state index in [2.05, 4.69) is 0 Å². The predicted octanol–water partition coefficient (Wildman–Crippen LogP) is 1.93. The van der Waals surface area contributed by atoms with Crippen LogP contribution in [0.2, 0.25) is 0 Å². The SMILES string of the molecule is Nc1ccc(CC2CC2)cc1O. The average molecular weight is 163 g/mol. The maximum Gasteiger partial charge on any atom is 0.138 e. The molecular weight excluding hydrogens is 150 g/mol. The number of anilines is 1. The van der Waals surface area contributed by atoms with Crippen LogP contribution in [0, 0.1) is 5.92 Å². The fraction of sp³-hybridized carbons (Fsp3) is 0.400. The molecule has 1 aliphatic rings. The lowest BCUT2D eigenvalue weighted by Gasteiger charge is -2.02. The van der Waals surface area contributed by atoms with E-state index in [9.17, 15) is 5.11 Å². The molecule has 0 aromatic heterocycles. The summed E-state index contributed by atoms with van der Waals surface area (Å²) in [6.45, 7) is 0. The Morgan fingerprint density at radius 3 is 2.75 bits per heavy atom. The van der Waals surface area contributed by atoms with Crippen LogP contribution < -0.4 is 5.73 Å². The third kappa shape index (κ3) is 1.52. The summed E-state index contributed by atoms with van der Waals surface area (Å²) in [7, 11) is 0. The van der Waals surface area contributed by atoms with Crippen molar-refractivity contribution in [2.75, 3.05) is 5.73 Å². The molecule has 1 saturated carbocycles. The molecule has 0 atom stereocenters. The lowest BCUT2D eigenvalue weighted by Crippen LogP contribution is -1.90. The van der Waals surface area contributed by atoms with Gasteiger partial charge in [0.2, 0.25) is 0 Å². The molecule has 1 fully saturated rings. The standard InChI is InChI=1S/C10H13NO/c11-9-4-3-8(6-10(9)12)5-7-1-2-7/h3-4,6-7,12H,1-2,5,11H2.